The van der Waals surface area contributed by atoms with Crippen LogP contribution in [0.1, 0.15) is 12.5 Å². The minimum Gasteiger partial charge on any atom is -0.497 e. The molecule has 0 aliphatic carbocycles. The highest BCUT2D eigenvalue weighted by Crippen LogP contribution is 2.29. The number of anilines is 1. The third kappa shape index (κ3) is 5.80. The lowest BCUT2D eigenvalue weighted by Gasteiger charge is -2.11. The Labute approximate surface area is 164 Å². The van der Waals surface area contributed by atoms with Crippen molar-refractivity contribution in [2.75, 3.05) is 39.9 Å². The molecule has 0 aromatic heterocycles. The summed E-state index contributed by atoms with van der Waals surface area (Å²) in [6.07, 6.45) is 1.48. The first kappa shape index (κ1) is 20.9. The Morgan fingerprint density at radius 3 is 2.43 bits per heavy atom. The molecule has 0 saturated heterocycles. The Hall–Kier alpha value is -3.42. The predicted octanol–water partition coefficient (Wildman–Crippen LogP) is 3.10. The molecule has 0 bridgehead atoms. The van der Waals surface area contributed by atoms with Crippen LogP contribution >= 0.6 is 0 Å². The van der Waals surface area contributed by atoms with Crippen molar-refractivity contribution < 1.29 is 28.6 Å². The van der Waals surface area contributed by atoms with Crippen LogP contribution in [0.15, 0.2) is 41.6 Å². The van der Waals surface area contributed by atoms with Gasteiger partial charge in [0.1, 0.15) is 11.5 Å². The van der Waals surface area contributed by atoms with Crippen molar-refractivity contribution in [2.24, 2.45) is 5.16 Å². The monoisotopic (exact) mass is 388 g/mol. The van der Waals surface area contributed by atoms with E-state index in [1.807, 2.05) is 13.0 Å². The van der Waals surface area contributed by atoms with Crippen molar-refractivity contribution in [1.29, 1.82) is 0 Å². The van der Waals surface area contributed by atoms with E-state index in [1.54, 1.807) is 44.6 Å². The van der Waals surface area contributed by atoms with Gasteiger partial charge in [-0.3, -0.25) is 4.79 Å². The van der Waals surface area contributed by atoms with E-state index in [-0.39, 0.29) is 12.5 Å². The fraction of sp³-hybridized carbons (Fsp3) is 0.300. The minimum atomic E-state index is -0.382. The van der Waals surface area contributed by atoms with Crippen LogP contribution in [-0.2, 0) is 9.63 Å². The SMILES string of the molecule is CCOc1ccc(/C=N/OCC(=O)Nc2cc(OC)ccc2OC)cc1OC. The summed E-state index contributed by atoms with van der Waals surface area (Å²) >= 11 is 0. The van der Waals surface area contributed by atoms with E-state index in [4.69, 9.17) is 23.8 Å². The number of rotatable bonds is 10. The van der Waals surface area contributed by atoms with Gasteiger partial charge in [0, 0.05) is 11.6 Å². The van der Waals surface area contributed by atoms with E-state index >= 15 is 0 Å². The minimum absolute atomic E-state index is 0.259. The fourth-order valence-electron chi connectivity index (χ4n) is 2.33. The molecule has 0 heterocycles. The van der Waals surface area contributed by atoms with Gasteiger partial charge in [-0.25, -0.2) is 0 Å². The normalized spacial score (nSPS) is 10.4. The number of nitrogens with zero attached hydrogens (tertiary/aromatic N) is 1. The van der Waals surface area contributed by atoms with Gasteiger partial charge in [0.05, 0.1) is 39.8 Å². The van der Waals surface area contributed by atoms with Crippen molar-refractivity contribution in [3.05, 3.63) is 42.0 Å². The molecule has 0 spiro atoms. The number of benzene rings is 2. The fourth-order valence-corrected chi connectivity index (χ4v) is 2.33. The van der Waals surface area contributed by atoms with E-state index in [2.05, 4.69) is 10.5 Å². The molecule has 1 N–H and O–H groups in total. The second kappa shape index (κ2) is 10.7. The van der Waals surface area contributed by atoms with Gasteiger partial charge in [0.25, 0.3) is 5.91 Å². The summed E-state index contributed by atoms with van der Waals surface area (Å²) in [7, 11) is 4.62. The number of ether oxygens (including phenoxy) is 4. The van der Waals surface area contributed by atoms with E-state index in [1.165, 1.54) is 13.3 Å². The summed E-state index contributed by atoms with van der Waals surface area (Å²) in [4.78, 5) is 17.1. The summed E-state index contributed by atoms with van der Waals surface area (Å²) in [6, 6.07) is 10.4. The van der Waals surface area contributed by atoms with Gasteiger partial charge in [-0.15, -0.1) is 0 Å². The lowest BCUT2D eigenvalue weighted by molar-refractivity contribution is -0.120. The number of amides is 1. The van der Waals surface area contributed by atoms with Gasteiger partial charge in [0.2, 0.25) is 0 Å². The molecule has 0 unspecified atom stereocenters. The van der Waals surface area contributed by atoms with Gasteiger partial charge in [-0.05, 0) is 37.3 Å². The van der Waals surface area contributed by atoms with Crippen molar-refractivity contribution in [3.8, 4) is 23.0 Å². The second-order valence-corrected chi connectivity index (χ2v) is 5.47. The van der Waals surface area contributed by atoms with Crippen molar-refractivity contribution in [2.45, 2.75) is 6.92 Å². The van der Waals surface area contributed by atoms with Crippen LogP contribution in [-0.4, -0.2) is 46.7 Å². The molecule has 0 aliphatic rings. The van der Waals surface area contributed by atoms with Crippen LogP contribution in [0.25, 0.3) is 0 Å². The quantitative estimate of drug-likeness (QED) is 0.497. The largest absolute Gasteiger partial charge is 0.497 e. The maximum Gasteiger partial charge on any atom is 0.265 e. The topological polar surface area (TPSA) is 87.6 Å². The maximum absolute atomic E-state index is 12.1. The number of methoxy groups -OCH3 is 3. The molecule has 28 heavy (non-hydrogen) atoms. The number of hydrogen-bond acceptors (Lipinski definition) is 7. The van der Waals surface area contributed by atoms with Crippen LogP contribution in [0.4, 0.5) is 5.69 Å². The standard InChI is InChI=1S/C20H24N2O6/c1-5-27-18-8-6-14(10-19(18)26-4)12-21-28-13-20(23)22-16-11-15(24-2)7-9-17(16)25-3/h6-12H,5,13H2,1-4H3,(H,22,23)/b21-12+. The zero-order chi connectivity index (χ0) is 20.4. The Morgan fingerprint density at radius 1 is 1.00 bits per heavy atom. The number of carbonyl (C=O) groups excluding carboxylic acids is 1. The molecule has 0 radical (unpaired) electrons. The lowest BCUT2D eigenvalue weighted by atomic mass is 10.2. The lowest BCUT2D eigenvalue weighted by Crippen LogP contribution is -2.17. The summed E-state index contributed by atoms with van der Waals surface area (Å²) < 4.78 is 21.1. The van der Waals surface area contributed by atoms with Gasteiger partial charge >= 0.3 is 0 Å². The number of hydrogen-bond donors (Lipinski definition) is 1. The molecule has 8 nitrogen and oxygen atoms in total. The average molecular weight is 388 g/mol. The highest BCUT2D eigenvalue weighted by Gasteiger charge is 2.09. The van der Waals surface area contributed by atoms with Crippen LogP contribution in [0.2, 0.25) is 0 Å². The van der Waals surface area contributed by atoms with Gasteiger partial charge in [-0.1, -0.05) is 5.16 Å². The average Bonchev–Trinajstić information content (AvgIpc) is 2.72. The van der Waals surface area contributed by atoms with Crippen LogP contribution in [0.3, 0.4) is 0 Å². The summed E-state index contributed by atoms with van der Waals surface area (Å²) in [5.74, 6) is 1.97. The first-order chi connectivity index (χ1) is 13.6. The van der Waals surface area contributed by atoms with Gasteiger partial charge in [0.15, 0.2) is 18.1 Å². The molecule has 150 valence electrons. The molecular weight excluding hydrogens is 364 g/mol. The predicted molar refractivity (Wildman–Crippen MR) is 106 cm³/mol. The van der Waals surface area contributed by atoms with E-state index in [0.717, 1.165) is 5.56 Å². The van der Waals surface area contributed by atoms with Crippen LogP contribution < -0.4 is 24.3 Å². The summed E-state index contributed by atoms with van der Waals surface area (Å²) in [5, 5.41) is 6.51. The molecule has 2 aromatic carbocycles. The third-order valence-corrected chi connectivity index (χ3v) is 3.64. The molecule has 0 fully saturated rings. The number of carbonyl (C=O) groups is 1. The van der Waals surface area contributed by atoms with Crippen molar-refractivity contribution >= 4 is 17.8 Å². The molecule has 1 amide bonds. The molecule has 2 rings (SSSR count). The summed E-state index contributed by atoms with van der Waals surface area (Å²) in [6.45, 7) is 2.18. The molecular formula is C20H24N2O6. The molecule has 8 heteroatoms. The van der Waals surface area contributed by atoms with Crippen molar-refractivity contribution in [1.82, 2.24) is 0 Å². The van der Waals surface area contributed by atoms with E-state index in [0.29, 0.717) is 35.3 Å². The van der Waals surface area contributed by atoms with Gasteiger partial charge in [-0.2, -0.15) is 0 Å². The van der Waals surface area contributed by atoms with Crippen LogP contribution in [0, 0.1) is 0 Å². The van der Waals surface area contributed by atoms with E-state index in [9.17, 15) is 4.79 Å². The third-order valence-electron chi connectivity index (χ3n) is 3.64. The molecule has 0 saturated carbocycles. The Balaban J connectivity index is 1.92. The first-order valence-electron chi connectivity index (χ1n) is 8.59. The number of oxime groups is 1. The first-order valence-corrected chi connectivity index (χ1v) is 8.59. The second-order valence-electron chi connectivity index (χ2n) is 5.47. The van der Waals surface area contributed by atoms with Gasteiger partial charge < -0.3 is 29.1 Å². The Kier molecular flexibility index (Phi) is 7.95. The maximum atomic E-state index is 12.1. The summed E-state index contributed by atoms with van der Waals surface area (Å²) in [5.41, 5.74) is 1.23. The Morgan fingerprint density at radius 2 is 1.75 bits per heavy atom. The zero-order valence-electron chi connectivity index (χ0n) is 16.4. The highest BCUT2D eigenvalue weighted by atomic mass is 16.6. The molecule has 2 aromatic rings. The molecule has 0 aliphatic heterocycles. The molecule has 0 atom stereocenters. The van der Waals surface area contributed by atoms with Crippen LogP contribution in [0.5, 0.6) is 23.0 Å². The Bertz CT molecular complexity index is 822. The highest BCUT2D eigenvalue weighted by molar-refractivity contribution is 5.93. The number of nitrogens with one attached hydrogen (secondary N) is 1. The van der Waals surface area contributed by atoms with Crippen molar-refractivity contribution in [3.63, 3.8) is 0 Å². The zero-order valence-corrected chi connectivity index (χ0v) is 16.4. The smallest absolute Gasteiger partial charge is 0.265 e. The van der Waals surface area contributed by atoms with E-state index < -0.39 is 0 Å².